The Balaban J connectivity index is 2.49. The van der Waals surface area contributed by atoms with Crippen molar-refractivity contribution < 1.29 is 4.74 Å². The van der Waals surface area contributed by atoms with Crippen molar-refractivity contribution >= 4 is 0 Å². The molecule has 0 spiro atoms. The molecule has 0 N–H and O–H groups in total. The highest BCUT2D eigenvalue weighted by Crippen LogP contribution is 2.08. The van der Waals surface area contributed by atoms with Crippen LogP contribution in [0.4, 0.5) is 0 Å². The lowest BCUT2D eigenvalue weighted by Crippen LogP contribution is -2.10. The summed E-state index contributed by atoms with van der Waals surface area (Å²) in [5.74, 6) is 0. The molecule has 0 heterocycles. The van der Waals surface area contributed by atoms with Crippen LogP contribution < -0.4 is 0 Å². The van der Waals surface area contributed by atoms with Gasteiger partial charge in [0.15, 0.2) is 0 Å². The Labute approximate surface area is 92.9 Å². The lowest BCUT2D eigenvalue weighted by molar-refractivity contribution is 0.0657. The highest BCUT2D eigenvalue weighted by Gasteiger charge is 1.98. The molecule has 2 heteroatoms. The molecule has 0 aliphatic carbocycles. The Morgan fingerprint density at radius 1 is 1.07 bits per heavy atom. The first kappa shape index (κ1) is 12.2. The Morgan fingerprint density at radius 2 is 1.60 bits per heavy atom. The summed E-state index contributed by atoms with van der Waals surface area (Å²) in [6.07, 6.45) is 0.298. The number of ether oxygens (including phenoxy) is 1. The van der Waals surface area contributed by atoms with Crippen LogP contribution in [0.2, 0.25) is 0 Å². The third kappa shape index (κ3) is 4.96. The molecular formula is C13H21NO. The van der Waals surface area contributed by atoms with Crippen molar-refractivity contribution in [1.29, 1.82) is 0 Å². The molecule has 1 aromatic carbocycles. The van der Waals surface area contributed by atoms with E-state index in [2.05, 4.69) is 57.1 Å². The lowest BCUT2D eigenvalue weighted by atomic mass is 10.1. The van der Waals surface area contributed by atoms with Crippen LogP contribution in [-0.2, 0) is 17.9 Å². The highest BCUT2D eigenvalue weighted by atomic mass is 16.5. The first-order chi connectivity index (χ1) is 7.08. The minimum atomic E-state index is 0.298. The minimum absolute atomic E-state index is 0.298. The SMILES string of the molecule is CC(C)OCc1ccc(CN(C)C)cc1. The van der Waals surface area contributed by atoms with Crippen LogP contribution >= 0.6 is 0 Å². The van der Waals surface area contributed by atoms with E-state index in [0.717, 1.165) is 6.54 Å². The highest BCUT2D eigenvalue weighted by molar-refractivity contribution is 5.21. The summed E-state index contributed by atoms with van der Waals surface area (Å²) in [5, 5.41) is 0. The van der Waals surface area contributed by atoms with E-state index in [-0.39, 0.29) is 0 Å². The summed E-state index contributed by atoms with van der Waals surface area (Å²) in [6, 6.07) is 8.61. The summed E-state index contributed by atoms with van der Waals surface area (Å²) in [4.78, 5) is 2.17. The van der Waals surface area contributed by atoms with Gasteiger partial charge in [0.25, 0.3) is 0 Å². The molecule has 15 heavy (non-hydrogen) atoms. The zero-order valence-electron chi connectivity index (χ0n) is 10.2. The molecule has 0 unspecified atom stereocenters. The van der Waals surface area contributed by atoms with Gasteiger partial charge < -0.3 is 9.64 Å². The van der Waals surface area contributed by atoms with Crippen molar-refractivity contribution in [3.05, 3.63) is 35.4 Å². The maximum atomic E-state index is 5.54. The first-order valence-corrected chi connectivity index (χ1v) is 5.42. The molecule has 0 aliphatic rings. The third-order valence-corrected chi connectivity index (χ3v) is 2.11. The first-order valence-electron chi connectivity index (χ1n) is 5.42. The molecule has 0 amide bonds. The molecule has 0 fully saturated rings. The topological polar surface area (TPSA) is 12.5 Å². The second-order valence-electron chi connectivity index (χ2n) is 4.41. The van der Waals surface area contributed by atoms with E-state index in [0.29, 0.717) is 12.7 Å². The van der Waals surface area contributed by atoms with Gasteiger partial charge in [0.1, 0.15) is 0 Å². The van der Waals surface area contributed by atoms with Gasteiger partial charge in [-0.25, -0.2) is 0 Å². The van der Waals surface area contributed by atoms with Gasteiger partial charge in [-0.15, -0.1) is 0 Å². The molecular weight excluding hydrogens is 186 g/mol. The van der Waals surface area contributed by atoms with Gasteiger partial charge in [0, 0.05) is 6.54 Å². The number of nitrogens with zero attached hydrogens (tertiary/aromatic N) is 1. The lowest BCUT2D eigenvalue weighted by Gasteiger charge is -2.11. The molecule has 0 radical (unpaired) electrons. The van der Waals surface area contributed by atoms with Crippen LogP contribution in [0.15, 0.2) is 24.3 Å². The fourth-order valence-electron chi connectivity index (χ4n) is 1.37. The monoisotopic (exact) mass is 207 g/mol. The maximum absolute atomic E-state index is 5.54. The summed E-state index contributed by atoms with van der Waals surface area (Å²) in [7, 11) is 4.16. The fourth-order valence-corrected chi connectivity index (χ4v) is 1.37. The van der Waals surface area contributed by atoms with E-state index >= 15 is 0 Å². The zero-order chi connectivity index (χ0) is 11.3. The molecule has 0 aliphatic heterocycles. The van der Waals surface area contributed by atoms with Crippen molar-refractivity contribution in [2.45, 2.75) is 33.1 Å². The van der Waals surface area contributed by atoms with E-state index in [9.17, 15) is 0 Å². The minimum Gasteiger partial charge on any atom is -0.374 e. The second-order valence-corrected chi connectivity index (χ2v) is 4.41. The Hall–Kier alpha value is -0.860. The van der Waals surface area contributed by atoms with Gasteiger partial charge in [0.05, 0.1) is 12.7 Å². The quantitative estimate of drug-likeness (QED) is 0.736. The average Bonchev–Trinajstić information content (AvgIpc) is 2.16. The van der Waals surface area contributed by atoms with Crippen LogP contribution in [0.3, 0.4) is 0 Å². The van der Waals surface area contributed by atoms with Crippen LogP contribution in [0.25, 0.3) is 0 Å². The smallest absolute Gasteiger partial charge is 0.0720 e. The molecule has 0 saturated carbocycles. The van der Waals surface area contributed by atoms with Crippen LogP contribution in [0, 0.1) is 0 Å². The predicted molar refractivity (Wildman–Crippen MR) is 63.8 cm³/mol. The molecule has 0 saturated heterocycles. The van der Waals surface area contributed by atoms with E-state index in [4.69, 9.17) is 4.74 Å². The van der Waals surface area contributed by atoms with E-state index in [1.165, 1.54) is 11.1 Å². The number of hydrogen-bond donors (Lipinski definition) is 0. The number of benzene rings is 1. The Bertz CT molecular complexity index is 277. The van der Waals surface area contributed by atoms with Crippen molar-refractivity contribution in [2.24, 2.45) is 0 Å². The number of hydrogen-bond acceptors (Lipinski definition) is 2. The summed E-state index contributed by atoms with van der Waals surface area (Å²) in [5.41, 5.74) is 2.58. The van der Waals surface area contributed by atoms with E-state index in [1.807, 2.05) is 0 Å². The van der Waals surface area contributed by atoms with Gasteiger partial charge in [0.2, 0.25) is 0 Å². The average molecular weight is 207 g/mol. The zero-order valence-corrected chi connectivity index (χ0v) is 10.2. The fraction of sp³-hybridized carbons (Fsp3) is 0.538. The molecule has 0 bridgehead atoms. The van der Waals surface area contributed by atoms with Crippen molar-refractivity contribution in [2.75, 3.05) is 14.1 Å². The van der Waals surface area contributed by atoms with Crippen molar-refractivity contribution in [3.63, 3.8) is 0 Å². The molecule has 2 nitrogen and oxygen atoms in total. The van der Waals surface area contributed by atoms with Crippen molar-refractivity contribution in [1.82, 2.24) is 4.90 Å². The molecule has 1 aromatic rings. The van der Waals surface area contributed by atoms with Gasteiger partial charge in [-0.1, -0.05) is 24.3 Å². The van der Waals surface area contributed by atoms with Crippen LogP contribution in [0.1, 0.15) is 25.0 Å². The van der Waals surface area contributed by atoms with Gasteiger partial charge >= 0.3 is 0 Å². The van der Waals surface area contributed by atoms with Gasteiger partial charge in [-0.2, -0.15) is 0 Å². The Morgan fingerprint density at radius 3 is 2.07 bits per heavy atom. The standard InChI is InChI=1S/C13H21NO/c1-11(2)15-10-13-7-5-12(6-8-13)9-14(3)4/h5-8,11H,9-10H2,1-4H3. The normalized spacial score (nSPS) is 11.3. The largest absolute Gasteiger partial charge is 0.374 e. The van der Waals surface area contributed by atoms with E-state index in [1.54, 1.807) is 0 Å². The summed E-state index contributed by atoms with van der Waals surface area (Å²) < 4.78 is 5.54. The second kappa shape index (κ2) is 5.89. The predicted octanol–water partition coefficient (Wildman–Crippen LogP) is 2.67. The maximum Gasteiger partial charge on any atom is 0.0720 e. The van der Waals surface area contributed by atoms with Crippen LogP contribution in [-0.4, -0.2) is 25.1 Å². The molecule has 1 rings (SSSR count). The summed E-state index contributed by atoms with van der Waals surface area (Å²) in [6.45, 7) is 5.81. The molecule has 0 aromatic heterocycles. The van der Waals surface area contributed by atoms with Gasteiger partial charge in [-0.3, -0.25) is 0 Å². The van der Waals surface area contributed by atoms with Crippen LogP contribution in [0.5, 0.6) is 0 Å². The molecule has 84 valence electrons. The molecule has 0 atom stereocenters. The summed E-state index contributed by atoms with van der Waals surface area (Å²) >= 11 is 0. The number of rotatable bonds is 5. The van der Waals surface area contributed by atoms with Crippen molar-refractivity contribution in [3.8, 4) is 0 Å². The Kier molecular flexibility index (Phi) is 4.79. The van der Waals surface area contributed by atoms with E-state index < -0.39 is 0 Å². The van der Waals surface area contributed by atoms with Gasteiger partial charge in [-0.05, 0) is 39.1 Å². The third-order valence-electron chi connectivity index (χ3n) is 2.11.